The van der Waals surface area contributed by atoms with Crippen molar-refractivity contribution in [2.45, 2.75) is 13.0 Å². The van der Waals surface area contributed by atoms with Crippen molar-refractivity contribution in [1.82, 2.24) is 20.4 Å². The lowest BCUT2D eigenvalue weighted by Crippen LogP contribution is -2.28. The Kier molecular flexibility index (Phi) is 5.11. The first-order chi connectivity index (χ1) is 13.0. The predicted molar refractivity (Wildman–Crippen MR) is 93.4 cm³/mol. The number of methoxy groups -OCH3 is 1. The van der Waals surface area contributed by atoms with Gasteiger partial charge >= 0.3 is 5.97 Å². The zero-order valence-electron chi connectivity index (χ0n) is 14.5. The fraction of sp³-hybridized carbons (Fsp3) is 0.167. The van der Waals surface area contributed by atoms with Gasteiger partial charge in [-0.05, 0) is 31.2 Å². The second-order valence-electron chi connectivity index (χ2n) is 5.59. The number of nitrogens with one attached hydrogen (secondary N) is 1. The number of hydrogen-bond donors (Lipinski definition) is 2. The van der Waals surface area contributed by atoms with E-state index in [9.17, 15) is 14.7 Å². The number of benzene rings is 1. The SMILES string of the molecule is COc1ccc(-c2noc(C(C)NC(=O)c3cnccn3)c2C(=O)O)cc1. The summed E-state index contributed by atoms with van der Waals surface area (Å²) in [5, 5.41) is 16.2. The average Bonchev–Trinajstić information content (AvgIpc) is 3.14. The summed E-state index contributed by atoms with van der Waals surface area (Å²) >= 11 is 0. The lowest BCUT2D eigenvalue weighted by molar-refractivity contribution is 0.0692. The molecule has 138 valence electrons. The summed E-state index contributed by atoms with van der Waals surface area (Å²) < 4.78 is 10.3. The quantitative estimate of drug-likeness (QED) is 0.678. The summed E-state index contributed by atoms with van der Waals surface area (Å²) in [6.07, 6.45) is 4.14. The van der Waals surface area contributed by atoms with Gasteiger partial charge in [0.1, 0.15) is 22.7 Å². The Morgan fingerprint density at radius 1 is 1.22 bits per heavy atom. The Balaban J connectivity index is 1.90. The topological polar surface area (TPSA) is 127 Å². The van der Waals surface area contributed by atoms with Crippen LogP contribution in [-0.2, 0) is 0 Å². The molecular weight excluding hydrogens is 352 g/mol. The molecule has 0 radical (unpaired) electrons. The molecule has 2 aromatic heterocycles. The van der Waals surface area contributed by atoms with Crippen LogP contribution in [0, 0.1) is 0 Å². The fourth-order valence-corrected chi connectivity index (χ4v) is 2.50. The molecule has 0 fully saturated rings. The third-order valence-electron chi connectivity index (χ3n) is 3.83. The van der Waals surface area contributed by atoms with Crippen LogP contribution >= 0.6 is 0 Å². The van der Waals surface area contributed by atoms with Crippen molar-refractivity contribution in [1.29, 1.82) is 0 Å². The smallest absolute Gasteiger partial charge is 0.341 e. The first-order valence-corrected chi connectivity index (χ1v) is 7.95. The number of nitrogens with zero attached hydrogens (tertiary/aromatic N) is 3. The van der Waals surface area contributed by atoms with Gasteiger partial charge < -0.3 is 19.7 Å². The fourth-order valence-electron chi connectivity index (χ4n) is 2.50. The Morgan fingerprint density at radius 3 is 2.56 bits per heavy atom. The molecule has 3 aromatic rings. The van der Waals surface area contributed by atoms with Crippen molar-refractivity contribution in [3.05, 3.63) is 59.9 Å². The van der Waals surface area contributed by atoms with Crippen molar-refractivity contribution in [3.8, 4) is 17.0 Å². The molecule has 0 saturated carbocycles. The molecule has 1 aromatic carbocycles. The molecule has 1 unspecified atom stereocenters. The van der Waals surface area contributed by atoms with Crippen molar-refractivity contribution in [2.24, 2.45) is 0 Å². The Bertz CT molecular complexity index is 954. The average molecular weight is 368 g/mol. The summed E-state index contributed by atoms with van der Waals surface area (Å²) in [7, 11) is 1.54. The van der Waals surface area contributed by atoms with Crippen LogP contribution in [0.2, 0.25) is 0 Å². The molecule has 0 aliphatic heterocycles. The summed E-state index contributed by atoms with van der Waals surface area (Å²) in [4.78, 5) is 31.7. The lowest BCUT2D eigenvalue weighted by atomic mass is 10.0. The van der Waals surface area contributed by atoms with Crippen molar-refractivity contribution in [3.63, 3.8) is 0 Å². The third-order valence-corrected chi connectivity index (χ3v) is 3.83. The van der Waals surface area contributed by atoms with Crippen LogP contribution in [0.25, 0.3) is 11.3 Å². The van der Waals surface area contributed by atoms with E-state index in [1.807, 2.05) is 0 Å². The number of aromatic carboxylic acids is 1. The second kappa shape index (κ2) is 7.65. The molecular formula is C18H16N4O5. The Morgan fingerprint density at radius 2 is 1.96 bits per heavy atom. The van der Waals surface area contributed by atoms with E-state index < -0.39 is 17.9 Å². The number of hydrogen-bond acceptors (Lipinski definition) is 7. The molecule has 1 amide bonds. The van der Waals surface area contributed by atoms with Crippen molar-refractivity contribution < 1.29 is 24.0 Å². The van der Waals surface area contributed by atoms with E-state index in [0.29, 0.717) is 11.3 Å². The molecule has 0 spiro atoms. The highest BCUT2D eigenvalue weighted by Crippen LogP contribution is 2.30. The molecule has 3 rings (SSSR count). The summed E-state index contributed by atoms with van der Waals surface area (Å²) in [5.74, 6) is -1.05. The number of amides is 1. The first-order valence-electron chi connectivity index (χ1n) is 7.95. The molecule has 9 heteroatoms. The molecule has 0 aliphatic carbocycles. The Hall–Kier alpha value is -3.75. The van der Waals surface area contributed by atoms with Gasteiger partial charge in [-0.15, -0.1) is 0 Å². The minimum atomic E-state index is -1.21. The van der Waals surface area contributed by atoms with Gasteiger partial charge in [0.2, 0.25) is 0 Å². The van der Waals surface area contributed by atoms with Crippen LogP contribution in [0.1, 0.15) is 39.6 Å². The number of rotatable bonds is 6. The van der Waals surface area contributed by atoms with E-state index >= 15 is 0 Å². The van der Waals surface area contributed by atoms with E-state index in [-0.39, 0.29) is 22.7 Å². The van der Waals surface area contributed by atoms with Crippen LogP contribution in [0.4, 0.5) is 0 Å². The van der Waals surface area contributed by atoms with Crippen LogP contribution in [0.5, 0.6) is 5.75 Å². The number of carbonyl (C=O) groups is 2. The monoisotopic (exact) mass is 368 g/mol. The van der Waals surface area contributed by atoms with E-state index in [1.165, 1.54) is 25.7 Å². The highest BCUT2D eigenvalue weighted by Gasteiger charge is 2.28. The minimum absolute atomic E-state index is 0.0329. The largest absolute Gasteiger partial charge is 0.497 e. The first kappa shape index (κ1) is 18.1. The van der Waals surface area contributed by atoms with E-state index in [4.69, 9.17) is 9.26 Å². The zero-order chi connectivity index (χ0) is 19.4. The molecule has 0 aliphatic rings. The van der Waals surface area contributed by atoms with E-state index in [1.54, 1.807) is 31.2 Å². The standard InChI is InChI=1S/C18H16N4O5/c1-10(21-17(23)13-9-19-7-8-20-13)16-14(18(24)25)15(22-27-16)11-3-5-12(26-2)6-4-11/h3-10H,1-2H3,(H,21,23)(H,24,25). The molecule has 0 saturated heterocycles. The molecule has 2 heterocycles. The van der Waals surface area contributed by atoms with E-state index in [0.717, 1.165) is 0 Å². The highest BCUT2D eigenvalue weighted by atomic mass is 16.5. The van der Waals surface area contributed by atoms with Gasteiger partial charge in [-0.2, -0.15) is 0 Å². The van der Waals surface area contributed by atoms with Crippen LogP contribution in [0.3, 0.4) is 0 Å². The normalized spacial score (nSPS) is 11.6. The summed E-state index contributed by atoms with van der Waals surface area (Å²) in [6.45, 7) is 1.60. The summed E-state index contributed by atoms with van der Waals surface area (Å²) in [5.41, 5.74) is 0.708. The van der Waals surface area contributed by atoms with Crippen molar-refractivity contribution in [2.75, 3.05) is 7.11 Å². The van der Waals surface area contributed by atoms with Crippen LogP contribution in [0.15, 0.2) is 47.4 Å². The van der Waals surface area contributed by atoms with Gasteiger partial charge in [-0.25, -0.2) is 9.78 Å². The number of carboxylic acid groups (broad SMARTS) is 1. The summed E-state index contributed by atoms with van der Waals surface area (Å²) in [6, 6.07) is 5.99. The number of ether oxygens (including phenoxy) is 1. The maximum absolute atomic E-state index is 12.2. The van der Waals surface area contributed by atoms with Crippen LogP contribution in [-0.4, -0.2) is 39.2 Å². The minimum Gasteiger partial charge on any atom is -0.497 e. The maximum Gasteiger partial charge on any atom is 0.341 e. The van der Waals surface area contributed by atoms with Gasteiger partial charge in [0.25, 0.3) is 5.91 Å². The van der Waals surface area contributed by atoms with Crippen LogP contribution < -0.4 is 10.1 Å². The Labute approximate surface area is 154 Å². The zero-order valence-corrected chi connectivity index (χ0v) is 14.5. The van der Waals surface area contributed by atoms with Gasteiger partial charge in [0, 0.05) is 18.0 Å². The molecule has 27 heavy (non-hydrogen) atoms. The molecule has 1 atom stereocenters. The van der Waals surface area contributed by atoms with Crippen molar-refractivity contribution >= 4 is 11.9 Å². The molecule has 0 bridgehead atoms. The number of carbonyl (C=O) groups excluding carboxylic acids is 1. The number of aromatic nitrogens is 3. The van der Waals surface area contributed by atoms with Gasteiger partial charge in [-0.1, -0.05) is 5.16 Å². The van der Waals surface area contributed by atoms with E-state index in [2.05, 4.69) is 20.4 Å². The highest BCUT2D eigenvalue weighted by molar-refractivity contribution is 5.96. The molecule has 9 nitrogen and oxygen atoms in total. The number of carboxylic acids is 1. The second-order valence-corrected chi connectivity index (χ2v) is 5.59. The third kappa shape index (κ3) is 3.76. The van der Waals surface area contributed by atoms with Gasteiger partial charge in [0.05, 0.1) is 19.3 Å². The lowest BCUT2D eigenvalue weighted by Gasteiger charge is -2.11. The van der Waals surface area contributed by atoms with Gasteiger partial charge in [-0.3, -0.25) is 9.78 Å². The maximum atomic E-state index is 12.2. The molecule has 2 N–H and O–H groups in total. The van der Waals surface area contributed by atoms with Gasteiger partial charge in [0.15, 0.2) is 5.76 Å². The predicted octanol–water partition coefficient (Wildman–Crippen LogP) is 2.33.